The monoisotopic (exact) mass is 261 g/mol. The molecule has 1 aliphatic rings. The van der Waals surface area contributed by atoms with E-state index < -0.39 is 0 Å². The Hall–Kier alpha value is -1.88. The molecule has 0 saturated carbocycles. The Morgan fingerprint density at radius 1 is 1.53 bits per heavy atom. The van der Waals surface area contributed by atoms with Gasteiger partial charge in [0, 0.05) is 31.7 Å². The van der Waals surface area contributed by atoms with Gasteiger partial charge < -0.3 is 16.0 Å². The molecule has 1 unspecified atom stereocenters. The molecule has 1 aromatic rings. The van der Waals surface area contributed by atoms with Gasteiger partial charge in [-0.05, 0) is 24.6 Å². The standard InChI is InChI=1S/C14H19N3O2/c1-10-3-2-4-12(7-10)17-9-11(8-13(17)18)14(19)16-6-5-15/h2-4,7,11H,5-6,8-9,15H2,1H3,(H,16,19). The van der Waals surface area contributed by atoms with Crippen molar-refractivity contribution in [1.82, 2.24) is 5.32 Å². The first-order valence-electron chi connectivity index (χ1n) is 6.46. The number of aryl methyl sites for hydroxylation is 1. The number of benzene rings is 1. The van der Waals surface area contributed by atoms with Crippen LogP contribution in [0.1, 0.15) is 12.0 Å². The summed E-state index contributed by atoms with van der Waals surface area (Å²) in [5, 5.41) is 2.74. The molecule has 3 N–H and O–H groups in total. The number of nitrogens with one attached hydrogen (secondary N) is 1. The molecular formula is C14H19N3O2. The zero-order chi connectivity index (χ0) is 13.8. The Kier molecular flexibility index (Phi) is 4.16. The van der Waals surface area contributed by atoms with Crippen molar-refractivity contribution in [1.29, 1.82) is 0 Å². The molecule has 0 bridgehead atoms. The number of hydrogen-bond acceptors (Lipinski definition) is 3. The summed E-state index contributed by atoms with van der Waals surface area (Å²) in [5.41, 5.74) is 7.30. The molecule has 1 fully saturated rings. The van der Waals surface area contributed by atoms with Gasteiger partial charge in [-0.25, -0.2) is 0 Å². The van der Waals surface area contributed by atoms with E-state index in [1.807, 2.05) is 31.2 Å². The number of nitrogens with two attached hydrogens (primary N) is 1. The Balaban J connectivity index is 2.05. The molecule has 0 radical (unpaired) electrons. The number of hydrogen-bond donors (Lipinski definition) is 2. The third-order valence-electron chi connectivity index (χ3n) is 3.25. The van der Waals surface area contributed by atoms with Crippen LogP contribution in [0.15, 0.2) is 24.3 Å². The summed E-state index contributed by atoms with van der Waals surface area (Å²) in [4.78, 5) is 25.5. The van der Waals surface area contributed by atoms with Gasteiger partial charge in [0.15, 0.2) is 0 Å². The van der Waals surface area contributed by atoms with Crippen molar-refractivity contribution in [2.75, 3.05) is 24.5 Å². The van der Waals surface area contributed by atoms with E-state index in [1.54, 1.807) is 4.90 Å². The highest BCUT2D eigenvalue weighted by Crippen LogP contribution is 2.25. The molecule has 102 valence electrons. The van der Waals surface area contributed by atoms with Crippen LogP contribution >= 0.6 is 0 Å². The molecule has 1 atom stereocenters. The topological polar surface area (TPSA) is 75.4 Å². The van der Waals surface area contributed by atoms with Crippen LogP contribution in [0, 0.1) is 12.8 Å². The molecule has 5 nitrogen and oxygen atoms in total. The van der Waals surface area contributed by atoms with Crippen LogP contribution in [0.25, 0.3) is 0 Å². The minimum Gasteiger partial charge on any atom is -0.355 e. The maximum Gasteiger partial charge on any atom is 0.227 e. The van der Waals surface area contributed by atoms with E-state index in [4.69, 9.17) is 5.73 Å². The van der Waals surface area contributed by atoms with Crippen molar-refractivity contribution in [2.45, 2.75) is 13.3 Å². The van der Waals surface area contributed by atoms with Crippen molar-refractivity contribution >= 4 is 17.5 Å². The van der Waals surface area contributed by atoms with Gasteiger partial charge in [-0.3, -0.25) is 9.59 Å². The SMILES string of the molecule is Cc1cccc(N2CC(C(=O)NCCN)CC2=O)c1. The molecule has 0 aromatic heterocycles. The van der Waals surface area contributed by atoms with Gasteiger partial charge in [-0.1, -0.05) is 12.1 Å². The number of carbonyl (C=O) groups excluding carboxylic acids is 2. The fourth-order valence-corrected chi connectivity index (χ4v) is 2.27. The minimum atomic E-state index is -0.278. The molecule has 1 heterocycles. The van der Waals surface area contributed by atoms with Gasteiger partial charge in [0.2, 0.25) is 11.8 Å². The minimum absolute atomic E-state index is 0.00139. The van der Waals surface area contributed by atoms with Gasteiger partial charge in [-0.15, -0.1) is 0 Å². The van der Waals surface area contributed by atoms with E-state index in [-0.39, 0.29) is 24.2 Å². The summed E-state index contributed by atoms with van der Waals surface area (Å²) in [6, 6.07) is 7.75. The van der Waals surface area contributed by atoms with E-state index in [9.17, 15) is 9.59 Å². The van der Waals surface area contributed by atoms with Crippen LogP contribution < -0.4 is 16.0 Å². The number of amides is 2. The van der Waals surface area contributed by atoms with Crippen molar-refractivity contribution in [3.63, 3.8) is 0 Å². The number of carbonyl (C=O) groups is 2. The second-order valence-electron chi connectivity index (χ2n) is 4.82. The molecule has 0 spiro atoms. The summed E-state index contributed by atoms with van der Waals surface area (Å²) in [7, 11) is 0. The fourth-order valence-electron chi connectivity index (χ4n) is 2.27. The van der Waals surface area contributed by atoms with E-state index in [0.717, 1.165) is 11.3 Å². The largest absolute Gasteiger partial charge is 0.355 e. The van der Waals surface area contributed by atoms with Crippen LogP contribution in [-0.2, 0) is 9.59 Å². The summed E-state index contributed by atoms with van der Waals surface area (Å²) >= 11 is 0. The van der Waals surface area contributed by atoms with E-state index in [1.165, 1.54) is 0 Å². The summed E-state index contributed by atoms with van der Waals surface area (Å²) in [6.45, 7) is 3.29. The van der Waals surface area contributed by atoms with E-state index in [0.29, 0.717) is 19.6 Å². The van der Waals surface area contributed by atoms with Crippen LogP contribution in [0.3, 0.4) is 0 Å². The molecule has 2 amide bonds. The van der Waals surface area contributed by atoms with Crippen molar-refractivity contribution in [3.05, 3.63) is 29.8 Å². The zero-order valence-corrected chi connectivity index (χ0v) is 11.1. The van der Waals surface area contributed by atoms with Gasteiger partial charge in [0.1, 0.15) is 0 Å². The third kappa shape index (κ3) is 3.12. The summed E-state index contributed by atoms with van der Waals surface area (Å²) in [6.07, 6.45) is 0.268. The molecule has 2 rings (SSSR count). The molecule has 0 aliphatic carbocycles. The van der Waals surface area contributed by atoms with Gasteiger partial charge >= 0.3 is 0 Å². The first-order chi connectivity index (χ1) is 9.11. The smallest absolute Gasteiger partial charge is 0.227 e. The van der Waals surface area contributed by atoms with Crippen LogP contribution in [0.5, 0.6) is 0 Å². The summed E-state index contributed by atoms with van der Waals surface area (Å²) in [5.74, 6) is -0.369. The van der Waals surface area contributed by atoms with Crippen molar-refractivity contribution < 1.29 is 9.59 Å². The van der Waals surface area contributed by atoms with E-state index in [2.05, 4.69) is 5.32 Å². The molecular weight excluding hydrogens is 242 g/mol. The predicted molar refractivity (Wildman–Crippen MR) is 73.7 cm³/mol. The summed E-state index contributed by atoms with van der Waals surface area (Å²) < 4.78 is 0. The Morgan fingerprint density at radius 3 is 3.00 bits per heavy atom. The average Bonchev–Trinajstić information content (AvgIpc) is 2.78. The number of nitrogens with zero attached hydrogens (tertiary/aromatic N) is 1. The van der Waals surface area contributed by atoms with Crippen LogP contribution in [0.4, 0.5) is 5.69 Å². The highest BCUT2D eigenvalue weighted by atomic mass is 16.2. The lowest BCUT2D eigenvalue weighted by Crippen LogP contribution is -2.35. The molecule has 19 heavy (non-hydrogen) atoms. The quantitative estimate of drug-likeness (QED) is 0.825. The maximum atomic E-state index is 12.0. The van der Waals surface area contributed by atoms with Crippen LogP contribution in [-0.4, -0.2) is 31.4 Å². The van der Waals surface area contributed by atoms with E-state index >= 15 is 0 Å². The van der Waals surface area contributed by atoms with Gasteiger partial charge in [0.25, 0.3) is 0 Å². The number of anilines is 1. The third-order valence-corrected chi connectivity index (χ3v) is 3.25. The lowest BCUT2D eigenvalue weighted by atomic mass is 10.1. The molecule has 1 aliphatic heterocycles. The molecule has 1 saturated heterocycles. The van der Waals surface area contributed by atoms with Gasteiger partial charge in [-0.2, -0.15) is 0 Å². The average molecular weight is 261 g/mol. The Labute approximate surface area is 112 Å². The lowest BCUT2D eigenvalue weighted by molar-refractivity contribution is -0.126. The first kappa shape index (κ1) is 13.5. The van der Waals surface area contributed by atoms with Gasteiger partial charge in [0.05, 0.1) is 5.92 Å². The normalized spacial score (nSPS) is 18.7. The molecule has 1 aromatic carbocycles. The highest BCUT2D eigenvalue weighted by Gasteiger charge is 2.34. The lowest BCUT2D eigenvalue weighted by Gasteiger charge is -2.17. The number of rotatable bonds is 4. The second kappa shape index (κ2) is 5.84. The first-order valence-corrected chi connectivity index (χ1v) is 6.46. The maximum absolute atomic E-state index is 12.0. The predicted octanol–water partition coefficient (Wildman–Crippen LogP) is 0.423. The van der Waals surface area contributed by atoms with Crippen molar-refractivity contribution in [3.8, 4) is 0 Å². The Bertz CT molecular complexity index is 487. The highest BCUT2D eigenvalue weighted by molar-refractivity contribution is 6.00. The van der Waals surface area contributed by atoms with Crippen LogP contribution in [0.2, 0.25) is 0 Å². The second-order valence-corrected chi connectivity index (χ2v) is 4.82. The fraction of sp³-hybridized carbons (Fsp3) is 0.429. The zero-order valence-electron chi connectivity index (χ0n) is 11.1. The Morgan fingerprint density at radius 2 is 2.32 bits per heavy atom. The van der Waals surface area contributed by atoms with Crippen molar-refractivity contribution in [2.24, 2.45) is 11.7 Å². The molecule has 5 heteroatoms.